The van der Waals surface area contributed by atoms with Gasteiger partial charge in [-0.1, -0.05) is 30.0 Å². The summed E-state index contributed by atoms with van der Waals surface area (Å²) in [6, 6.07) is 17.1. The number of imide groups is 1. The summed E-state index contributed by atoms with van der Waals surface area (Å²) in [7, 11) is 1.32. The number of aromatic nitrogens is 1. The van der Waals surface area contributed by atoms with Crippen molar-refractivity contribution < 1.29 is 19.1 Å². The smallest absolute Gasteiger partial charge is 0.337 e. The van der Waals surface area contributed by atoms with E-state index in [4.69, 9.17) is 4.74 Å². The van der Waals surface area contributed by atoms with Crippen molar-refractivity contribution in [2.24, 2.45) is 0 Å². The molecule has 2 amide bonds. The van der Waals surface area contributed by atoms with E-state index in [9.17, 15) is 14.4 Å². The van der Waals surface area contributed by atoms with Crippen molar-refractivity contribution in [1.82, 2.24) is 4.98 Å². The molecule has 0 spiro atoms. The van der Waals surface area contributed by atoms with Crippen LogP contribution in [-0.2, 0) is 4.74 Å². The minimum Gasteiger partial charge on any atom is -0.465 e. The van der Waals surface area contributed by atoms with E-state index in [0.29, 0.717) is 27.4 Å². The molecule has 0 saturated heterocycles. The quantitative estimate of drug-likeness (QED) is 0.498. The van der Waals surface area contributed by atoms with E-state index in [1.54, 1.807) is 54.6 Å². The molecule has 7 heteroatoms. The number of methoxy groups -OCH3 is 1. The first-order valence-electron chi connectivity index (χ1n) is 8.38. The second-order valence-electron chi connectivity index (χ2n) is 5.97. The Morgan fingerprint density at radius 3 is 2.36 bits per heavy atom. The average Bonchev–Trinajstić information content (AvgIpc) is 2.98. The lowest BCUT2D eigenvalue weighted by molar-refractivity contribution is 0.0600. The number of pyridine rings is 1. The molecule has 1 aliphatic rings. The zero-order valence-corrected chi connectivity index (χ0v) is 15.6. The van der Waals surface area contributed by atoms with Gasteiger partial charge in [0.05, 0.1) is 29.5 Å². The Labute approximate surface area is 165 Å². The van der Waals surface area contributed by atoms with Gasteiger partial charge in [0.15, 0.2) is 0 Å². The molecular formula is C21H14N2O4S. The van der Waals surface area contributed by atoms with Crippen LogP contribution < -0.4 is 4.90 Å². The number of esters is 1. The Morgan fingerprint density at radius 2 is 1.68 bits per heavy atom. The summed E-state index contributed by atoms with van der Waals surface area (Å²) in [5.41, 5.74) is 1.69. The summed E-state index contributed by atoms with van der Waals surface area (Å²) in [5, 5.41) is 0.599. The lowest BCUT2D eigenvalue weighted by Gasteiger charge is -2.15. The van der Waals surface area contributed by atoms with Gasteiger partial charge in [0.2, 0.25) is 0 Å². The Balaban J connectivity index is 1.62. The normalized spacial score (nSPS) is 12.8. The molecular weight excluding hydrogens is 376 g/mol. The summed E-state index contributed by atoms with van der Waals surface area (Å²) in [5.74, 6) is -1.12. The third kappa shape index (κ3) is 3.16. The standard InChI is InChI=1S/C21H14N2O4S/c1-27-21(26)13-9-10-22-18(11-13)28-15-6-4-5-14(12-15)23-19(24)16-7-2-3-8-17(16)20(23)25/h2-12H,1H3. The molecule has 0 aliphatic carbocycles. The molecule has 0 saturated carbocycles. The lowest BCUT2D eigenvalue weighted by Crippen LogP contribution is -2.29. The fourth-order valence-corrected chi connectivity index (χ4v) is 3.81. The number of carbonyl (C=O) groups is 3. The minimum absolute atomic E-state index is 0.339. The zero-order valence-electron chi connectivity index (χ0n) is 14.8. The molecule has 1 aliphatic heterocycles. The number of rotatable bonds is 4. The van der Waals surface area contributed by atoms with E-state index < -0.39 is 5.97 Å². The van der Waals surface area contributed by atoms with Crippen LogP contribution in [0, 0.1) is 0 Å². The van der Waals surface area contributed by atoms with E-state index >= 15 is 0 Å². The third-order valence-corrected chi connectivity index (χ3v) is 5.17. The van der Waals surface area contributed by atoms with Crippen LogP contribution in [0.3, 0.4) is 0 Å². The summed E-state index contributed by atoms with van der Waals surface area (Å²) >= 11 is 1.32. The fraction of sp³-hybridized carbons (Fsp3) is 0.0476. The van der Waals surface area contributed by atoms with Crippen molar-refractivity contribution in [3.8, 4) is 0 Å². The van der Waals surface area contributed by atoms with Crippen molar-refractivity contribution in [1.29, 1.82) is 0 Å². The number of amides is 2. The highest BCUT2D eigenvalue weighted by Crippen LogP contribution is 2.33. The molecule has 6 nitrogen and oxygen atoms in total. The molecule has 1 aromatic heterocycles. The molecule has 0 radical (unpaired) electrons. The predicted octanol–water partition coefficient (Wildman–Crippen LogP) is 3.82. The van der Waals surface area contributed by atoms with Gasteiger partial charge in [-0.2, -0.15) is 0 Å². The average molecular weight is 390 g/mol. The molecule has 28 heavy (non-hydrogen) atoms. The van der Waals surface area contributed by atoms with Crippen LogP contribution in [0.1, 0.15) is 31.1 Å². The number of hydrogen-bond donors (Lipinski definition) is 0. The van der Waals surface area contributed by atoms with E-state index in [1.807, 2.05) is 6.07 Å². The molecule has 2 heterocycles. The SMILES string of the molecule is COC(=O)c1ccnc(Sc2cccc(N3C(=O)c4ccccc4C3=O)c2)c1. The van der Waals surface area contributed by atoms with Crippen LogP contribution >= 0.6 is 11.8 Å². The van der Waals surface area contributed by atoms with Gasteiger partial charge < -0.3 is 4.74 Å². The highest BCUT2D eigenvalue weighted by molar-refractivity contribution is 7.99. The van der Waals surface area contributed by atoms with Gasteiger partial charge in [0.1, 0.15) is 5.03 Å². The first kappa shape index (κ1) is 17.9. The summed E-state index contributed by atoms with van der Waals surface area (Å²) in [6.45, 7) is 0. The molecule has 0 unspecified atom stereocenters. The predicted molar refractivity (Wildman–Crippen MR) is 104 cm³/mol. The second kappa shape index (κ2) is 7.28. The Kier molecular flexibility index (Phi) is 4.67. The molecule has 0 N–H and O–H groups in total. The molecule has 2 aromatic carbocycles. The largest absolute Gasteiger partial charge is 0.465 e. The van der Waals surface area contributed by atoms with E-state index in [0.717, 1.165) is 4.90 Å². The topological polar surface area (TPSA) is 76.6 Å². The second-order valence-corrected chi connectivity index (χ2v) is 7.06. The van der Waals surface area contributed by atoms with E-state index in [2.05, 4.69) is 4.98 Å². The molecule has 138 valence electrons. The highest BCUT2D eigenvalue weighted by atomic mass is 32.2. The number of benzene rings is 2. The minimum atomic E-state index is -0.441. The Bertz CT molecular complexity index is 1080. The Hall–Kier alpha value is -3.45. The van der Waals surface area contributed by atoms with Crippen molar-refractivity contribution in [2.75, 3.05) is 12.0 Å². The zero-order chi connectivity index (χ0) is 19.7. The molecule has 0 atom stereocenters. The number of hydrogen-bond acceptors (Lipinski definition) is 6. The van der Waals surface area contributed by atoms with Crippen LogP contribution in [0.15, 0.2) is 76.8 Å². The van der Waals surface area contributed by atoms with Gasteiger partial charge in [-0.15, -0.1) is 0 Å². The van der Waals surface area contributed by atoms with E-state index in [-0.39, 0.29) is 11.8 Å². The molecule has 0 fully saturated rings. The summed E-state index contributed by atoms with van der Waals surface area (Å²) in [6.07, 6.45) is 1.53. The van der Waals surface area contributed by atoms with Crippen molar-refractivity contribution in [3.05, 3.63) is 83.6 Å². The lowest BCUT2D eigenvalue weighted by atomic mass is 10.1. The van der Waals surface area contributed by atoms with Crippen LogP contribution in [0.4, 0.5) is 5.69 Å². The Morgan fingerprint density at radius 1 is 0.964 bits per heavy atom. The van der Waals surface area contributed by atoms with Gasteiger partial charge in [0, 0.05) is 11.1 Å². The van der Waals surface area contributed by atoms with Crippen molar-refractivity contribution in [2.45, 2.75) is 9.92 Å². The number of anilines is 1. The van der Waals surface area contributed by atoms with Gasteiger partial charge >= 0.3 is 5.97 Å². The third-order valence-electron chi connectivity index (χ3n) is 4.25. The van der Waals surface area contributed by atoms with Crippen LogP contribution in [-0.4, -0.2) is 29.9 Å². The highest BCUT2D eigenvalue weighted by Gasteiger charge is 2.36. The van der Waals surface area contributed by atoms with Gasteiger partial charge in [-0.05, 0) is 42.5 Å². The maximum atomic E-state index is 12.7. The molecule has 0 bridgehead atoms. The number of fused-ring (bicyclic) bond motifs is 1. The molecule has 4 rings (SSSR count). The van der Waals surface area contributed by atoms with Crippen LogP contribution in [0.2, 0.25) is 0 Å². The van der Waals surface area contributed by atoms with Gasteiger partial charge in [-0.3, -0.25) is 9.59 Å². The van der Waals surface area contributed by atoms with Crippen molar-refractivity contribution >= 4 is 35.2 Å². The maximum Gasteiger partial charge on any atom is 0.337 e. The fourth-order valence-electron chi connectivity index (χ4n) is 2.94. The van der Waals surface area contributed by atoms with E-state index in [1.165, 1.54) is 30.0 Å². The number of carbonyl (C=O) groups excluding carboxylic acids is 3. The number of nitrogens with zero attached hydrogens (tertiary/aromatic N) is 2. The van der Waals surface area contributed by atoms with Crippen LogP contribution in [0.25, 0.3) is 0 Å². The monoisotopic (exact) mass is 390 g/mol. The van der Waals surface area contributed by atoms with Crippen molar-refractivity contribution in [3.63, 3.8) is 0 Å². The first-order valence-corrected chi connectivity index (χ1v) is 9.20. The summed E-state index contributed by atoms with van der Waals surface area (Å²) < 4.78 is 4.72. The van der Waals surface area contributed by atoms with Gasteiger partial charge in [-0.25, -0.2) is 14.7 Å². The van der Waals surface area contributed by atoms with Crippen LogP contribution in [0.5, 0.6) is 0 Å². The molecule has 3 aromatic rings. The van der Waals surface area contributed by atoms with Gasteiger partial charge in [0.25, 0.3) is 11.8 Å². The first-order chi connectivity index (χ1) is 13.6. The number of ether oxygens (including phenoxy) is 1. The summed E-state index contributed by atoms with van der Waals surface area (Å²) in [4.78, 5) is 43.2. The maximum absolute atomic E-state index is 12.7.